The molecule has 0 saturated carbocycles. The Labute approximate surface area is 356 Å². The highest BCUT2D eigenvalue weighted by molar-refractivity contribution is 7.99. The molecule has 1 unspecified atom stereocenters. The number of nitrogens with zero attached hydrogens (tertiary/aromatic N) is 4. The van der Waals surface area contributed by atoms with Crippen molar-refractivity contribution in [1.29, 1.82) is 0 Å². The molecule has 0 fully saturated rings. The molecule has 0 saturated heterocycles. The van der Waals surface area contributed by atoms with Crippen molar-refractivity contribution in [3.63, 3.8) is 0 Å². The number of hydrogen-bond acceptors (Lipinski definition) is 4. The van der Waals surface area contributed by atoms with Crippen LogP contribution in [0, 0.1) is 0 Å². The normalized spacial score (nSPS) is 14.7. The van der Waals surface area contributed by atoms with E-state index in [0.717, 1.165) is 50.2 Å². The first-order valence-electron chi connectivity index (χ1n) is 20.7. The van der Waals surface area contributed by atoms with Crippen molar-refractivity contribution in [3.05, 3.63) is 211 Å². The van der Waals surface area contributed by atoms with E-state index in [-0.39, 0.29) is 6.17 Å². The van der Waals surface area contributed by atoms with Crippen molar-refractivity contribution in [2.75, 3.05) is 0 Å². The van der Waals surface area contributed by atoms with Gasteiger partial charge in [0.2, 0.25) is 5.96 Å². The Hall–Kier alpha value is -7.67. The average Bonchev–Trinajstić information content (AvgIpc) is 3.85. The molecule has 4 heterocycles. The summed E-state index contributed by atoms with van der Waals surface area (Å²) in [6.45, 7) is 0. The molecule has 9 aromatic carbocycles. The Morgan fingerprint density at radius 1 is 0.426 bits per heavy atom. The predicted molar refractivity (Wildman–Crippen MR) is 254 cm³/mol. The van der Waals surface area contributed by atoms with Gasteiger partial charge in [0.25, 0.3) is 0 Å². The molecule has 61 heavy (non-hydrogen) atoms. The van der Waals surface area contributed by atoms with E-state index in [0.29, 0.717) is 5.96 Å². The van der Waals surface area contributed by atoms with Crippen LogP contribution in [0.25, 0.3) is 82.3 Å². The third-order valence-electron chi connectivity index (χ3n) is 12.4. The SMILES string of the molecule is c1ccc(C2=NC(n3c4ccccc4c4ccc(-c5ccc6c(c5)-c5cc7c(c8cccc(c58)S6)c5ccccc5n7-c5ccccc5)cc43)=NC(c3ccccc3)N2)cc1. The number of para-hydroxylation sites is 3. The van der Waals surface area contributed by atoms with E-state index in [1.54, 1.807) is 0 Å². The smallest absolute Gasteiger partial charge is 0.234 e. The molecule has 2 aliphatic rings. The highest BCUT2D eigenvalue weighted by Crippen LogP contribution is 2.52. The lowest BCUT2D eigenvalue weighted by molar-refractivity contribution is 0.668. The van der Waals surface area contributed by atoms with E-state index < -0.39 is 0 Å². The molecular weight excluding hydrogens is 763 g/mol. The molecule has 5 nitrogen and oxygen atoms in total. The van der Waals surface area contributed by atoms with Crippen molar-refractivity contribution in [2.45, 2.75) is 16.0 Å². The second-order valence-electron chi connectivity index (χ2n) is 15.8. The highest BCUT2D eigenvalue weighted by Gasteiger charge is 2.26. The Balaban J connectivity index is 1.02. The monoisotopic (exact) mass is 797 g/mol. The van der Waals surface area contributed by atoms with Gasteiger partial charge in [0, 0.05) is 48.0 Å². The Morgan fingerprint density at radius 3 is 1.90 bits per heavy atom. The zero-order valence-electron chi connectivity index (χ0n) is 32.8. The van der Waals surface area contributed by atoms with Gasteiger partial charge in [-0.2, -0.15) is 4.99 Å². The van der Waals surface area contributed by atoms with Crippen molar-refractivity contribution in [3.8, 4) is 27.9 Å². The molecule has 13 rings (SSSR count). The molecule has 2 aromatic heterocycles. The van der Waals surface area contributed by atoms with Gasteiger partial charge in [-0.25, -0.2) is 4.99 Å². The fraction of sp³-hybridized carbons (Fsp3) is 0.0182. The fourth-order valence-electron chi connectivity index (χ4n) is 9.63. The maximum Gasteiger partial charge on any atom is 0.234 e. The first-order chi connectivity index (χ1) is 30.2. The van der Waals surface area contributed by atoms with E-state index >= 15 is 0 Å². The fourth-order valence-corrected chi connectivity index (χ4v) is 10.8. The first kappa shape index (κ1) is 34.2. The van der Waals surface area contributed by atoms with Crippen LogP contribution in [0.15, 0.2) is 220 Å². The maximum atomic E-state index is 5.32. The van der Waals surface area contributed by atoms with Crippen molar-refractivity contribution in [1.82, 2.24) is 14.5 Å². The van der Waals surface area contributed by atoms with Crippen LogP contribution in [-0.2, 0) is 0 Å². The minimum atomic E-state index is -0.306. The third-order valence-corrected chi connectivity index (χ3v) is 13.5. The van der Waals surface area contributed by atoms with Crippen LogP contribution in [-0.4, -0.2) is 20.9 Å². The van der Waals surface area contributed by atoms with E-state index in [2.05, 4.69) is 203 Å². The van der Waals surface area contributed by atoms with Crippen LogP contribution in [0.3, 0.4) is 0 Å². The topological polar surface area (TPSA) is 46.6 Å². The summed E-state index contributed by atoms with van der Waals surface area (Å²) < 4.78 is 4.68. The molecule has 286 valence electrons. The number of hydrogen-bond donors (Lipinski definition) is 1. The lowest BCUT2D eigenvalue weighted by atomic mass is 9.92. The summed E-state index contributed by atoms with van der Waals surface area (Å²) in [5.41, 5.74) is 12.6. The number of amidine groups is 1. The second kappa shape index (κ2) is 13.4. The zero-order chi connectivity index (χ0) is 40.0. The molecule has 0 aliphatic carbocycles. The van der Waals surface area contributed by atoms with Crippen LogP contribution in [0.5, 0.6) is 0 Å². The van der Waals surface area contributed by atoms with Crippen LogP contribution in [0.1, 0.15) is 17.3 Å². The van der Waals surface area contributed by atoms with Crippen molar-refractivity contribution < 1.29 is 0 Å². The van der Waals surface area contributed by atoms with Gasteiger partial charge in [-0.05, 0) is 87.8 Å². The van der Waals surface area contributed by atoms with Gasteiger partial charge in [0.15, 0.2) is 0 Å². The summed E-state index contributed by atoms with van der Waals surface area (Å²) in [7, 11) is 0. The molecule has 11 aromatic rings. The number of rotatable bonds is 4. The maximum absolute atomic E-state index is 5.32. The Morgan fingerprint density at radius 2 is 1.08 bits per heavy atom. The lowest BCUT2D eigenvalue weighted by Crippen LogP contribution is -2.35. The summed E-state index contributed by atoms with van der Waals surface area (Å²) in [6.07, 6.45) is -0.306. The van der Waals surface area contributed by atoms with Gasteiger partial charge in [0.1, 0.15) is 12.0 Å². The molecule has 0 bridgehead atoms. The summed E-state index contributed by atoms with van der Waals surface area (Å²) in [6, 6.07) is 72.1. The highest BCUT2D eigenvalue weighted by atomic mass is 32.2. The molecular formula is C55H35N5S. The van der Waals surface area contributed by atoms with E-state index in [1.807, 2.05) is 23.9 Å². The number of fused-ring (bicyclic) bond motifs is 9. The number of aliphatic imine (C=N–C) groups is 2. The predicted octanol–water partition coefficient (Wildman–Crippen LogP) is 13.8. The van der Waals surface area contributed by atoms with Crippen molar-refractivity contribution >= 4 is 77.9 Å². The molecule has 1 N–H and O–H groups in total. The first-order valence-corrected chi connectivity index (χ1v) is 21.5. The average molecular weight is 798 g/mol. The van der Waals surface area contributed by atoms with Gasteiger partial charge in [-0.15, -0.1) is 0 Å². The second-order valence-corrected chi connectivity index (χ2v) is 16.9. The van der Waals surface area contributed by atoms with Gasteiger partial charge < -0.3 is 9.88 Å². The molecule has 1 atom stereocenters. The van der Waals surface area contributed by atoms with Crippen LogP contribution < -0.4 is 5.32 Å². The summed E-state index contributed by atoms with van der Waals surface area (Å²) in [5.74, 6) is 1.45. The number of aromatic nitrogens is 2. The molecule has 2 aliphatic heterocycles. The summed E-state index contributed by atoms with van der Waals surface area (Å²) in [4.78, 5) is 13.1. The molecule has 0 radical (unpaired) electrons. The van der Waals surface area contributed by atoms with Crippen molar-refractivity contribution in [2.24, 2.45) is 9.98 Å². The van der Waals surface area contributed by atoms with E-state index in [1.165, 1.54) is 58.9 Å². The number of benzene rings is 9. The third kappa shape index (κ3) is 5.29. The van der Waals surface area contributed by atoms with Gasteiger partial charge >= 0.3 is 0 Å². The molecule has 0 amide bonds. The summed E-state index contributed by atoms with van der Waals surface area (Å²) in [5, 5.41) is 11.1. The molecule has 0 spiro atoms. The van der Waals surface area contributed by atoms with Gasteiger partial charge in [-0.1, -0.05) is 157 Å². The van der Waals surface area contributed by atoms with Crippen LogP contribution in [0.2, 0.25) is 0 Å². The minimum Gasteiger partial charge on any atom is -0.344 e. The lowest BCUT2D eigenvalue weighted by Gasteiger charge is -2.24. The number of nitrogens with one attached hydrogen (secondary N) is 1. The Bertz CT molecular complexity index is 3640. The quantitative estimate of drug-likeness (QED) is 0.193. The molecule has 6 heteroatoms. The van der Waals surface area contributed by atoms with E-state index in [9.17, 15) is 0 Å². The van der Waals surface area contributed by atoms with Gasteiger partial charge in [0.05, 0.1) is 22.1 Å². The van der Waals surface area contributed by atoms with Crippen LogP contribution in [0.4, 0.5) is 0 Å². The zero-order valence-corrected chi connectivity index (χ0v) is 33.6. The summed E-state index contributed by atoms with van der Waals surface area (Å²) >= 11 is 1.87. The largest absolute Gasteiger partial charge is 0.344 e. The standard InChI is InChI=1S/C55H35N5S/c1-4-15-34(16-5-1)53-56-54(35-17-6-2-7-18-35)58-55(57-53)60-45-24-12-10-21-39(45)40-29-27-37(32-47(40)60)36-28-30-49-43(31-36)44-33-48-51(42-23-14-26-50(61-49)52(42)44)41-22-11-13-25-46(41)59(48)38-19-8-3-9-20-38/h1-33,53H,(H,56,57,58). The minimum absolute atomic E-state index is 0.306. The van der Waals surface area contributed by atoms with Crippen LogP contribution >= 0.6 is 11.8 Å². The van der Waals surface area contributed by atoms with E-state index in [4.69, 9.17) is 9.98 Å². The Kier molecular flexibility index (Phi) is 7.53. The van der Waals surface area contributed by atoms with Gasteiger partial charge in [-0.3, -0.25) is 4.57 Å².